The Morgan fingerprint density at radius 3 is 2.67 bits per heavy atom. The van der Waals surface area contributed by atoms with Crippen molar-refractivity contribution in [1.29, 1.82) is 5.26 Å². The number of carbonyl (C=O) groups is 1. The molecule has 0 radical (unpaired) electrons. The zero-order valence-electron chi connectivity index (χ0n) is 24.7. The molecule has 4 aliphatic rings. The summed E-state index contributed by atoms with van der Waals surface area (Å²) in [6, 6.07) is 2.76. The molecular formula is C30H40N10O2. The van der Waals surface area contributed by atoms with E-state index in [9.17, 15) is 10.1 Å². The van der Waals surface area contributed by atoms with Crippen molar-refractivity contribution in [1.82, 2.24) is 29.7 Å². The van der Waals surface area contributed by atoms with Crippen molar-refractivity contribution in [2.24, 2.45) is 0 Å². The van der Waals surface area contributed by atoms with E-state index in [1.165, 1.54) is 18.1 Å². The third kappa shape index (κ3) is 5.45. The Morgan fingerprint density at radius 2 is 1.88 bits per heavy atom. The van der Waals surface area contributed by atoms with Gasteiger partial charge in [0.15, 0.2) is 0 Å². The van der Waals surface area contributed by atoms with Crippen LogP contribution in [0.1, 0.15) is 42.5 Å². The molecule has 2 aromatic rings. The molecule has 0 unspecified atom stereocenters. The van der Waals surface area contributed by atoms with E-state index in [0.717, 1.165) is 74.0 Å². The summed E-state index contributed by atoms with van der Waals surface area (Å²) in [4.78, 5) is 42.6. The number of piperazine rings is 1. The van der Waals surface area contributed by atoms with Gasteiger partial charge in [-0.2, -0.15) is 15.2 Å². The highest BCUT2D eigenvalue weighted by Gasteiger charge is 2.34. The summed E-state index contributed by atoms with van der Waals surface area (Å²) in [5.41, 5.74) is 3.25. The van der Waals surface area contributed by atoms with Gasteiger partial charge in [0, 0.05) is 56.9 Å². The lowest BCUT2D eigenvalue weighted by Gasteiger charge is -2.42. The second kappa shape index (κ2) is 12.1. The maximum absolute atomic E-state index is 12.5. The van der Waals surface area contributed by atoms with Crippen LogP contribution in [0.3, 0.4) is 0 Å². The molecule has 0 bridgehead atoms. The van der Waals surface area contributed by atoms with Gasteiger partial charge in [-0.15, -0.1) is 0 Å². The van der Waals surface area contributed by atoms with Crippen LogP contribution in [-0.4, -0.2) is 108 Å². The van der Waals surface area contributed by atoms with E-state index in [1.807, 2.05) is 0 Å². The second-order valence-electron chi connectivity index (χ2n) is 11.7. The largest absolute Gasteiger partial charge is 0.462 e. The molecular weight excluding hydrogens is 532 g/mol. The Hall–Kier alpha value is -3.98. The van der Waals surface area contributed by atoms with E-state index < -0.39 is 0 Å². The van der Waals surface area contributed by atoms with Gasteiger partial charge in [-0.05, 0) is 51.8 Å². The molecule has 0 aromatic carbocycles. The average molecular weight is 573 g/mol. The van der Waals surface area contributed by atoms with Crippen LogP contribution in [0.4, 0.5) is 17.5 Å². The fraction of sp³-hybridized carbons (Fsp3) is 0.600. The third-order valence-corrected chi connectivity index (χ3v) is 9.15. The van der Waals surface area contributed by atoms with Crippen LogP contribution in [0.5, 0.6) is 6.01 Å². The highest BCUT2D eigenvalue weighted by molar-refractivity contribution is 5.87. The molecule has 6 heterocycles. The first-order valence-electron chi connectivity index (χ1n) is 15.0. The number of fused-ring (bicyclic) bond motifs is 2. The number of ether oxygens (including phenoxy) is 1. The number of nitrogens with zero attached hydrogens (tertiary/aromatic N) is 10. The average Bonchev–Trinajstić information content (AvgIpc) is 3.43. The van der Waals surface area contributed by atoms with Gasteiger partial charge in [0.25, 0.3) is 0 Å². The highest BCUT2D eigenvalue weighted by atomic mass is 16.5. The first-order chi connectivity index (χ1) is 20.5. The maximum atomic E-state index is 12.5. The zero-order valence-corrected chi connectivity index (χ0v) is 24.7. The van der Waals surface area contributed by atoms with E-state index in [1.54, 1.807) is 11.2 Å². The fourth-order valence-electron chi connectivity index (χ4n) is 6.81. The smallest absolute Gasteiger partial charge is 0.318 e. The summed E-state index contributed by atoms with van der Waals surface area (Å²) in [7, 11) is 4.23. The summed E-state index contributed by atoms with van der Waals surface area (Å²) in [5.74, 6) is 2.71. The Bertz CT molecular complexity index is 1380. The molecule has 42 heavy (non-hydrogen) atoms. The molecule has 4 aliphatic heterocycles. The molecule has 6 rings (SSSR count). The molecule has 2 saturated heterocycles. The predicted molar refractivity (Wildman–Crippen MR) is 160 cm³/mol. The summed E-state index contributed by atoms with van der Waals surface area (Å²) >= 11 is 0. The van der Waals surface area contributed by atoms with Crippen molar-refractivity contribution in [2.45, 2.75) is 57.2 Å². The van der Waals surface area contributed by atoms with E-state index in [4.69, 9.17) is 19.7 Å². The third-order valence-electron chi connectivity index (χ3n) is 9.15. The van der Waals surface area contributed by atoms with E-state index in [0.29, 0.717) is 44.8 Å². The molecule has 12 nitrogen and oxygen atoms in total. The Labute approximate surface area is 247 Å². The lowest BCUT2D eigenvalue weighted by Crippen LogP contribution is -2.55. The molecule has 222 valence electrons. The fourth-order valence-corrected chi connectivity index (χ4v) is 6.81. The van der Waals surface area contributed by atoms with Gasteiger partial charge in [0.1, 0.15) is 30.4 Å². The number of carbonyl (C=O) groups excluding carboxylic acids is 1. The number of rotatable bonds is 7. The van der Waals surface area contributed by atoms with E-state index in [-0.39, 0.29) is 18.4 Å². The maximum Gasteiger partial charge on any atom is 0.318 e. The molecule has 1 amide bonds. The van der Waals surface area contributed by atoms with Gasteiger partial charge >= 0.3 is 6.01 Å². The van der Waals surface area contributed by atoms with Crippen LogP contribution >= 0.6 is 0 Å². The van der Waals surface area contributed by atoms with Crippen molar-refractivity contribution in [2.75, 3.05) is 74.7 Å². The Morgan fingerprint density at radius 1 is 1.02 bits per heavy atom. The molecule has 2 aromatic heterocycles. The quantitative estimate of drug-likeness (QED) is 0.452. The second-order valence-corrected chi connectivity index (χ2v) is 11.7. The number of hydrogen-bond donors (Lipinski definition) is 0. The number of nitriles is 1. The molecule has 0 saturated carbocycles. The topological polar surface area (TPSA) is 118 Å². The number of amides is 1. The van der Waals surface area contributed by atoms with E-state index in [2.05, 4.69) is 51.3 Å². The standard InChI is InChI=1S/C30H40N10O2/c1-4-26(41)40-16-15-39(17-21(40)9-11-31)29-23-10-14-38(28-24-8-6-13-37(3)27(24)32-20-33-28)18-25(23)34-30(35-29)42-19-22-7-5-12-36(22)2/h4,20-22H,1,5-10,12-19H2,2-3H3/t21-,22-/m0/s1. The van der Waals surface area contributed by atoms with Crippen molar-refractivity contribution in [3.05, 3.63) is 35.8 Å². The van der Waals surface area contributed by atoms with Gasteiger partial charge in [-0.1, -0.05) is 6.58 Å². The first-order valence-corrected chi connectivity index (χ1v) is 15.0. The van der Waals surface area contributed by atoms with Crippen molar-refractivity contribution < 1.29 is 9.53 Å². The van der Waals surface area contributed by atoms with Crippen molar-refractivity contribution >= 4 is 23.4 Å². The van der Waals surface area contributed by atoms with Gasteiger partial charge in [0.2, 0.25) is 5.91 Å². The molecule has 2 fully saturated rings. The number of aromatic nitrogens is 4. The van der Waals surface area contributed by atoms with Gasteiger partial charge in [-0.25, -0.2) is 9.97 Å². The molecule has 12 heteroatoms. The van der Waals surface area contributed by atoms with Crippen molar-refractivity contribution in [3.8, 4) is 12.1 Å². The minimum atomic E-state index is -0.235. The molecule has 0 N–H and O–H groups in total. The van der Waals surface area contributed by atoms with Crippen LogP contribution in [0.25, 0.3) is 0 Å². The lowest BCUT2D eigenvalue weighted by atomic mass is 10.0. The van der Waals surface area contributed by atoms with E-state index >= 15 is 0 Å². The number of anilines is 3. The lowest BCUT2D eigenvalue weighted by molar-refractivity contribution is -0.128. The minimum Gasteiger partial charge on any atom is -0.462 e. The summed E-state index contributed by atoms with van der Waals surface area (Å²) in [5, 5.41) is 9.52. The van der Waals surface area contributed by atoms with Crippen LogP contribution in [0, 0.1) is 11.3 Å². The molecule has 0 aliphatic carbocycles. The SMILES string of the molecule is C=CC(=O)N1CCN(c2nc(OC[C@@H]3CCCN3C)nc3c2CCN(c2ncnc4c2CCCN4C)C3)C[C@@H]1CC#N. The van der Waals surface area contributed by atoms with Gasteiger partial charge in [0.05, 0.1) is 30.8 Å². The number of likely N-dealkylation sites (N-methyl/N-ethyl adjacent to an activating group) is 1. The zero-order chi connectivity index (χ0) is 29.2. The van der Waals surface area contributed by atoms with Crippen LogP contribution in [-0.2, 0) is 24.2 Å². The van der Waals surface area contributed by atoms with Gasteiger partial charge < -0.3 is 29.2 Å². The number of likely N-dealkylation sites (tertiary alicyclic amines) is 1. The highest BCUT2D eigenvalue weighted by Crippen LogP contribution is 2.36. The summed E-state index contributed by atoms with van der Waals surface area (Å²) < 4.78 is 6.28. The Balaban J connectivity index is 1.31. The normalized spacial score (nSPS) is 22.4. The Kier molecular flexibility index (Phi) is 8.11. The van der Waals surface area contributed by atoms with Crippen LogP contribution < -0.4 is 19.4 Å². The first kappa shape index (κ1) is 28.2. The summed E-state index contributed by atoms with van der Waals surface area (Å²) in [6.07, 6.45) is 8.33. The van der Waals surface area contributed by atoms with Gasteiger partial charge in [-0.3, -0.25) is 4.79 Å². The van der Waals surface area contributed by atoms with Crippen LogP contribution in [0.15, 0.2) is 19.0 Å². The molecule has 2 atom stereocenters. The predicted octanol–water partition coefficient (Wildman–Crippen LogP) is 1.80. The number of hydrogen-bond acceptors (Lipinski definition) is 11. The van der Waals surface area contributed by atoms with Crippen LogP contribution in [0.2, 0.25) is 0 Å². The molecule has 0 spiro atoms. The minimum absolute atomic E-state index is 0.140. The summed E-state index contributed by atoms with van der Waals surface area (Å²) in [6.45, 7) is 9.32. The van der Waals surface area contributed by atoms with Crippen molar-refractivity contribution in [3.63, 3.8) is 0 Å². The monoisotopic (exact) mass is 572 g/mol.